The molecule has 0 aliphatic heterocycles. The van der Waals surface area contributed by atoms with E-state index in [0.29, 0.717) is 13.0 Å². The lowest BCUT2D eigenvalue weighted by atomic mass is 10.2. The minimum absolute atomic E-state index is 0.115. The summed E-state index contributed by atoms with van der Waals surface area (Å²) in [5.41, 5.74) is 1.92. The van der Waals surface area contributed by atoms with Crippen LogP contribution in [-0.4, -0.2) is 39.9 Å². The highest BCUT2D eigenvalue weighted by Crippen LogP contribution is 1.95. The van der Waals surface area contributed by atoms with Crippen molar-refractivity contribution in [3.05, 3.63) is 53.9 Å². The van der Waals surface area contributed by atoms with Crippen LogP contribution in [0.2, 0.25) is 0 Å². The quantitative estimate of drug-likeness (QED) is 0.782. The Morgan fingerprint density at radius 3 is 2.61 bits per heavy atom. The summed E-state index contributed by atoms with van der Waals surface area (Å²) in [6.07, 6.45) is 5.56. The van der Waals surface area contributed by atoms with Gasteiger partial charge in [0.2, 0.25) is 5.91 Å². The Hall–Kier alpha value is -2.83. The van der Waals surface area contributed by atoms with Crippen molar-refractivity contribution >= 4 is 11.8 Å². The van der Waals surface area contributed by atoms with Gasteiger partial charge in [0, 0.05) is 44.0 Å². The van der Waals surface area contributed by atoms with Crippen LogP contribution in [0.15, 0.2) is 36.8 Å². The third-order valence-corrected chi connectivity index (χ3v) is 3.08. The minimum atomic E-state index is -0.334. The maximum atomic E-state index is 11.8. The van der Waals surface area contributed by atoms with E-state index in [-0.39, 0.29) is 30.5 Å². The highest BCUT2D eigenvalue weighted by atomic mass is 16.2. The summed E-state index contributed by atoms with van der Waals surface area (Å²) in [6.45, 7) is 2.57. The number of hydrogen-bond donors (Lipinski definition) is 2. The van der Waals surface area contributed by atoms with Gasteiger partial charge >= 0.3 is 0 Å². The Bertz CT molecular complexity index is 643. The van der Waals surface area contributed by atoms with Crippen LogP contribution in [0, 0.1) is 6.92 Å². The van der Waals surface area contributed by atoms with Gasteiger partial charge in [-0.15, -0.1) is 0 Å². The number of nitrogens with one attached hydrogen (secondary N) is 2. The monoisotopic (exact) mass is 313 g/mol. The third kappa shape index (κ3) is 5.82. The third-order valence-electron chi connectivity index (χ3n) is 3.08. The fourth-order valence-electron chi connectivity index (χ4n) is 1.85. The molecule has 0 fully saturated rings. The highest BCUT2D eigenvalue weighted by Gasteiger charge is 2.08. The standard InChI is InChI=1S/C16H19N5O2/c1-12-10-21-14(11-20-12)16(23)19-9-6-15(22)18-8-5-13-4-2-3-7-17-13/h2-4,7,10-11H,5-6,8-9H2,1H3,(H,18,22)(H,19,23). The summed E-state index contributed by atoms with van der Waals surface area (Å²) in [4.78, 5) is 35.6. The number of rotatable bonds is 7. The predicted octanol–water partition coefficient (Wildman–Crippen LogP) is 0.659. The first-order valence-corrected chi connectivity index (χ1v) is 7.38. The molecule has 2 amide bonds. The Kier molecular flexibility index (Phi) is 6.17. The molecule has 2 rings (SSSR count). The van der Waals surface area contributed by atoms with Gasteiger partial charge in [0.15, 0.2) is 0 Å². The Labute approximate surface area is 134 Å². The normalized spacial score (nSPS) is 10.1. The van der Waals surface area contributed by atoms with Gasteiger partial charge in [0.1, 0.15) is 5.69 Å². The summed E-state index contributed by atoms with van der Waals surface area (Å²) >= 11 is 0. The van der Waals surface area contributed by atoms with Crippen molar-refractivity contribution < 1.29 is 9.59 Å². The predicted molar refractivity (Wildman–Crippen MR) is 84.7 cm³/mol. The molecule has 23 heavy (non-hydrogen) atoms. The summed E-state index contributed by atoms with van der Waals surface area (Å²) in [7, 11) is 0. The first kappa shape index (κ1) is 16.5. The van der Waals surface area contributed by atoms with Crippen molar-refractivity contribution in [1.29, 1.82) is 0 Å². The number of pyridine rings is 1. The second-order valence-corrected chi connectivity index (χ2v) is 4.97. The van der Waals surface area contributed by atoms with E-state index in [2.05, 4.69) is 25.6 Å². The van der Waals surface area contributed by atoms with Gasteiger partial charge in [0.05, 0.1) is 11.9 Å². The van der Waals surface area contributed by atoms with Crippen LogP contribution in [-0.2, 0) is 11.2 Å². The molecule has 0 atom stereocenters. The molecular weight excluding hydrogens is 294 g/mol. The zero-order valence-corrected chi connectivity index (χ0v) is 13.0. The summed E-state index contributed by atoms with van der Waals surface area (Å²) in [5.74, 6) is -0.449. The molecule has 7 nitrogen and oxygen atoms in total. The Morgan fingerprint density at radius 2 is 1.91 bits per heavy atom. The average molecular weight is 313 g/mol. The second kappa shape index (κ2) is 8.57. The molecular formula is C16H19N5O2. The molecule has 0 aliphatic carbocycles. The molecule has 120 valence electrons. The lowest BCUT2D eigenvalue weighted by molar-refractivity contribution is -0.120. The zero-order valence-electron chi connectivity index (χ0n) is 13.0. The number of aryl methyl sites for hydroxylation is 1. The lowest BCUT2D eigenvalue weighted by Crippen LogP contribution is -2.32. The van der Waals surface area contributed by atoms with E-state index in [4.69, 9.17) is 0 Å². The molecule has 2 aromatic heterocycles. The Balaban J connectivity index is 1.62. The number of carbonyl (C=O) groups excluding carboxylic acids is 2. The molecule has 2 N–H and O–H groups in total. The largest absolute Gasteiger partial charge is 0.356 e. The van der Waals surface area contributed by atoms with Crippen LogP contribution in [0.25, 0.3) is 0 Å². The van der Waals surface area contributed by atoms with E-state index < -0.39 is 0 Å². The maximum Gasteiger partial charge on any atom is 0.271 e. The van der Waals surface area contributed by atoms with Crippen LogP contribution < -0.4 is 10.6 Å². The minimum Gasteiger partial charge on any atom is -0.356 e. The van der Waals surface area contributed by atoms with Gasteiger partial charge in [-0.3, -0.25) is 19.6 Å². The molecule has 0 radical (unpaired) electrons. The highest BCUT2D eigenvalue weighted by molar-refractivity contribution is 5.92. The molecule has 0 aliphatic rings. The second-order valence-electron chi connectivity index (χ2n) is 4.97. The van der Waals surface area contributed by atoms with E-state index in [0.717, 1.165) is 11.4 Å². The van der Waals surface area contributed by atoms with E-state index >= 15 is 0 Å². The molecule has 0 unspecified atom stereocenters. The molecule has 7 heteroatoms. The van der Waals surface area contributed by atoms with Gasteiger partial charge in [-0.1, -0.05) is 6.07 Å². The van der Waals surface area contributed by atoms with Crippen molar-refractivity contribution in [3.63, 3.8) is 0 Å². The van der Waals surface area contributed by atoms with Gasteiger partial charge in [0.25, 0.3) is 5.91 Å². The first-order valence-electron chi connectivity index (χ1n) is 7.38. The number of nitrogens with zero attached hydrogens (tertiary/aromatic N) is 3. The molecule has 2 aromatic rings. The van der Waals surface area contributed by atoms with Crippen molar-refractivity contribution in [3.8, 4) is 0 Å². The maximum absolute atomic E-state index is 11.8. The number of carbonyl (C=O) groups is 2. The van der Waals surface area contributed by atoms with E-state index in [1.165, 1.54) is 12.4 Å². The van der Waals surface area contributed by atoms with Crippen molar-refractivity contribution in [2.45, 2.75) is 19.8 Å². The molecule has 0 bridgehead atoms. The number of aromatic nitrogens is 3. The molecule has 0 aromatic carbocycles. The van der Waals surface area contributed by atoms with Crippen LogP contribution in [0.4, 0.5) is 0 Å². The van der Waals surface area contributed by atoms with E-state index in [9.17, 15) is 9.59 Å². The van der Waals surface area contributed by atoms with Gasteiger partial charge in [-0.25, -0.2) is 4.98 Å². The number of amides is 2. The summed E-state index contributed by atoms with van der Waals surface area (Å²) in [6, 6.07) is 5.67. The van der Waals surface area contributed by atoms with Crippen LogP contribution >= 0.6 is 0 Å². The lowest BCUT2D eigenvalue weighted by Gasteiger charge is -2.06. The molecule has 0 saturated heterocycles. The topological polar surface area (TPSA) is 96.9 Å². The summed E-state index contributed by atoms with van der Waals surface area (Å²) in [5, 5.41) is 5.44. The fraction of sp³-hybridized carbons (Fsp3) is 0.312. The van der Waals surface area contributed by atoms with Crippen LogP contribution in [0.3, 0.4) is 0 Å². The van der Waals surface area contributed by atoms with Crippen LogP contribution in [0.1, 0.15) is 28.3 Å². The van der Waals surface area contributed by atoms with E-state index in [1.54, 1.807) is 13.1 Å². The van der Waals surface area contributed by atoms with Crippen molar-refractivity contribution in [2.75, 3.05) is 13.1 Å². The molecule has 2 heterocycles. The van der Waals surface area contributed by atoms with Crippen molar-refractivity contribution in [2.24, 2.45) is 0 Å². The SMILES string of the molecule is Cc1cnc(C(=O)NCCC(=O)NCCc2ccccn2)cn1. The first-order chi connectivity index (χ1) is 11.1. The van der Waals surface area contributed by atoms with Gasteiger partial charge in [-0.05, 0) is 19.1 Å². The smallest absolute Gasteiger partial charge is 0.271 e. The van der Waals surface area contributed by atoms with Gasteiger partial charge in [-0.2, -0.15) is 0 Å². The van der Waals surface area contributed by atoms with Gasteiger partial charge < -0.3 is 10.6 Å². The Morgan fingerprint density at radius 1 is 1.04 bits per heavy atom. The summed E-state index contributed by atoms with van der Waals surface area (Å²) < 4.78 is 0. The number of hydrogen-bond acceptors (Lipinski definition) is 5. The van der Waals surface area contributed by atoms with E-state index in [1.807, 2.05) is 18.2 Å². The molecule has 0 saturated carbocycles. The average Bonchev–Trinajstić information content (AvgIpc) is 2.56. The van der Waals surface area contributed by atoms with Crippen LogP contribution in [0.5, 0.6) is 0 Å². The fourth-order valence-corrected chi connectivity index (χ4v) is 1.85. The van der Waals surface area contributed by atoms with Crippen molar-refractivity contribution in [1.82, 2.24) is 25.6 Å². The molecule has 0 spiro atoms. The zero-order chi connectivity index (χ0) is 16.5.